The van der Waals surface area contributed by atoms with Gasteiger partial charge in [0.25, 0.3) is 0 Å². The van der Waals surface area contributed by atoms with Crippen LogP contribution in [0.5, 0.6) is 0 Å². The fourth-order valence-corrected chi connectivity index (χ4v) is 2.90. The molecule has 82 valence electrons. The van der Waals surface area contributed by atoms with E-state index in [0.29, 0.717) is 5.41 Å². The molecule has 2 heteroatoms. The van der Waals surface area contributed by atoms with Crippen molar-refractivity contribution >= 4 is 0 Å². The zero-order chi connectivity index (χ0) is 10.0. The number of nitrogens with one attached hydrogen (secondary N) is 1. The maximum atomic E-state index is 3.52. The molecule has 0 aromatic heterocycles. The number of rotatable bonds is 3. The Labute approximate surface area is 88.1 Å². The van der Waals surface area contributed by atoms with E-state index in [9.17, 15) is 0 Å². The first-order valence-electron chi connectivity index (χ1n) is 6.17. The van der Waals surface area contributed by atoms with Crippen LogP contribution < -0.4 is 5.32 Å². The molecule has 0 amide bonds. The predicted octanol–water partition coefficient (Wildman–Crippen LogP) is 1.72. The van der Waals surface area contributed by atoms with E-state index < -0.39 is 0 Å². The Morgan fingerprint density at radius 3 is 2.93 bits per heavy atom. The number of hydrogen-bond acceptors (Lipinski definition) is 2. The highest BCUT2D eigenvalue weighted by Crippen LogP contribution is 2.36. The Hall–Kier alpha value is -0.0800. The first-order valence-corrected chi connectivity index (χ1v) is 6.17. The van der Waals surface area contributed by atoms with Gasteiger partial charge >= 0.3 is 0 Å². The van der Waals surface area contributed by atoms with Crippen molar-refractivity contribution in [2.45, 2.75) is 33.1 Å². The summed E-state index contributed by atoms with van der Waals surface area (Å²) in [5, 5.41) is 3.52. The highest BCUT2D eigenvalue weighted by Gasteiger charge is 2.40. The van der Waals surface area contributed by atoms with E-state index in [4.69, 9.17) is 0 Å². The van der Waals surface area contributed by atoms with Gasteiger partial charge in [-0.25, -0.2) is 0 Å². The van der Waals surface area contributed by atoms with Crippen molar-refractivity contribution in [1.82, 2.24) is 10.2 Å². The summed E-state index contributed by atoms with van der Waals surface area (Å²) >= 11 is 0. The van der Waals surface area contributed by atoms with Crippen molar-refractivity contribution < 1.29 is 0 Å². The molecule has 2 unspecified atom stereocenters. The van der Waals surface area contributed by atoms with Crippen molar-refractivity contribution in [2.75, 3.05) is 32.7 Å². The predicted molar refractivity (Wildman–Crippen MR) is 60.4 cm³/mol. The summed E-state index contributed by atoms with van der Waals surface area (Å²) < 4.78 is 0. The van der Waals surface area contributed by atoms with Crippen LogP contribution in [0.1, 0.15) is 33.1 Å². The lowest BCUT2D eigenvalue weighted by molar-refractivity contribution is 0.244. The van der Waals surface area contributed by atoms with Crippen LogP contribution in [0, 0.1) is 11.3 Å². The van der Waals surface area contributed by atoms with Gasteiger partial charge in [-0.05, 0) is 37.3 Å². The second kappa shape index (κ2) is 4.19. The molecule has 0 saturated carbocycles. The lowest BCUT2D eigenvalue weighted by Crippen LogP contribution is -2.31. The molecular formula is C12H24N2. The van der Waals surface area contributed by atoms with Gasteiger partial charge in [-0.2, -0.15) is 0 Å². The van der Waals surface area contributed by atoms with Crippen LogP contribution in [0.2, 0.25) is 0 Å². The molecule has 0 aliphatic carbocycles. The lowest BCUT2D eigenvalue weighted by Gasteiger charge is -2.24. The highest BCUT2D eigenvalue weighted by molar-refractivity contribution is 4.95. The normalized spacial score (nSPS) is 35.6. The largest absolute Gasteiger partial charge is 0.316 e. The summed E-state index contributed by atoms with van der Waals surface area (Å²) in [6.07, 6.45) is 4.15. The summed E-state index contributed by atoms with van der Waals surface area (Å²) in [7, 11) is 0. The third-order valence-corrected chi connectivity index (χ3v) is 4.12. The molecule has 14 heavy (non-hydrogen) atoms. The Morgan fingerprint density at radius 2 is 2.29 bits per heavy atom. The first kappa shape index (κ1) is 10.4. The zero-order valence-corrected chi connectivity index (χ0v) is 9.68. The van der Waals surface area contributed by atoms with E-state index in [-0.39, 0.29) is 0 Å². The van der Waals surface area contributed by atoms with Gasteiger partial charge in [0.1, 0.15) is 0 Å². The molecule has 2 heterocycles. The van der Waals surface area contributed by atoms with E-state index >= 15 is 0 Å². The minimum atomic E-state index is 0.660. The molecule has 2 atom stereocenters. The van der Waals surface area contributed by atoms with Crippen molar-refractivity contribution in [3.63, 3.8) is 0 Å². The number of hydrogen-bond donors (Lipinski definition) is 1. The molecule has 0 aromatic rings. The molecule has 2 rings (SSSR count). The molecule has 1 spiro atoms. The van der Waals surface area contributed by atoms with Crippen LogP contribution in [-0.2, 0) is 0 Å². The highest BCUT2D eigenvalue weighted by atomic mass is 15.2. The maximum Gasteiger partial charge on any atom is 0.00512 e. The van der Waals surface area contributed by atoms with Gasteiger partial charge in [-0.15, -0.1) is 0 Å². The van der Waals surface area contributed by atoms with Gasteiger partial charge in [0.2, 0.25) is 0 Å². The summed E-state index contributed by atoms with van der Waals surface area (Å²) in [4.78, 5) is 2.68. The molecular weight excluding hydrogens is 172 g/mol. The van der Waals surface area contributed by atoms with E-state index in [1.54, 1.807) is 0 Å². The quantitative estimate of drug-likeness (QED) is 0.739. The van der Waals surface area contributed by atoms with Gasteiger partial charge in [0.05, 0.1) is 0 Å². The number of nitrogens with zero attached hydrogens (tertiary/aromatic N) is 1. The maximum absolute atomic E-state index is 3.52. The van der Waals surface area contributed by atoms with Crippen LogP contribution in [0.15, 0.2) is 0 Å². The van der Waals surface area contributed by atoms with Gasteiger partial charge in [-0.3, -0.25) is 0 Å². The van der Waals surface area contributed by atoms with Gasteiger partial charge in [0, 0.05) is 19.6 Å². The Bertz CT molecular complexity index is 185. The second-order valence-electron chi connectivity index (χ2n) is 5.43. The first-order chi connectivity index (χ1) is 6.74. The van der Waals surface area contributed by atoms with Crippen molar-refractivity contribution in [3.8, 4) is 0 Å². The summed E-state index contributed by atoms with van der Waals surface area (Å²) in [5.74, 6) is 0.875. The summed E-state index contributed by atoms with van der Waals surface area (Å²) in [6, 6.07) is 0. The number of likely N-dealkylation sites (tertiary alicyclic amines) is 1. The standard InChI is InChI=1S/C12H24N2/c1-3-11(2)8-14-7-5-12(10-14)4-6-13-9-12/h11,13H,3-10H2,1-2H3. The Balaban J connectivity index is 1.82. The zero-order valence-electron chi connectivity index (χ0n) is 9.68. The van der Waals surface area contributed by atoms with Crippen LogP contribution in [0.25, 0.3) is 0 Å². The van der Waals surface area contributed by atoms with Crippen LogP contribution in [0.3, 0.4) is 0 Å². The van der Waals surface area contributed by atoms with E-state index in [1.165, 1.54) is 52.0 Å². The topological polar surface area (TPSA) is 15.3 Å². The monoisotopic (exact) mass is 196 g/mol. The molecule has 0 aromatic carbocycles. The summed E-state index contributed by atoms with van der Waals surface area (Å²) in [5.41, 5.74) is 0.660. The molecule has 2 aliphatic heterocycles. The molecule has 0 radical (unpaired) electrons. The Morgan fingerprint density at radius 1 is 1.43 bits per heavy atom. The van der Waals surface area contributed by atoms with Crippen molar-refractivity contribution in [1.29, 1.82) is 0 Å². The van der Waals surface area contributed by atoms with E-state index in [1.807, 2.05) is 0 Å². The van der Waals surface area contributed by atoms with Crippen LogP contribution in [0.4, 0.5) is 0 Å². The Kier molecular flexibility index (Phi) is 3.13. The van der Waals surface area contributed by atoms with Crippen molar-refractivity contribution in [2.24, 2.45) is 11.3 Å². The minimum absolute atomic E-state index is 0.660. The molecule has 2 saturated heterocycles. The van der Waals surface area contributed by atoms with E-state index in [0.717, 1.165) is 5.92 Å². The third kappa shape index (κ3) is 2.12. The van der Waals surface area contributed by atoms with Crippen LogP contribution in [-0.4, -0.2) is 37.6 Å². The smallest absolute Gasteiger partial charge is 0.00512 e. The summed E-state index contributed by atoms with van der Waals surface area (Å²) in [6.45, 7) is 11.2. The van der Waals surface area contributed by atoms with Crippen LogP contribution >= 0.6 is 0 Å². The SMILES string of the molecule is CCC(C)CN1CCC2(CCNC2)C1. The molecule has 0 bridgehead atoms. The minimum Gasteiger partial charge on any atom is -0.316 e. The average molecular weight is 196 g/mol. The van der Waals surface area contributed by atoms with Gasteiger partial charge in [0.15, 0.2) is 0 Å². The molecule has 2 nitrogen and oxygen atoms in total. The third-order valence-electron chi connectivity index (χ3n) is 4.12. The molecule has 2 fully saturated rings. The van der Waals surface area contributed by atoms with E-state index in [2.05, 4.69) is 24.1 Å². The molecule has 1 N–H and O–H groups in total. The fourth-order valence-electron chi connectivity index (χ4n) is 2.90. The fraction of sp³-hybridized carbons (Fsp3) is 1.00. The van der Waals surface area contributed by atoms with Gasteiger partial charge in [-0.1, -0.05) is 20.3 Å². The molecule has 2 aliphatic rings. The average Bonchev–Trinajstić information content (AvgIpc) is 2.78. The second-order valence-corrected chi connectivity index (χ2v) is 5.43. The van der Waals surface area contributed by atoms with Crippen molar-refractivity contribution in [3.05, 3.63) is 0 Å². The lowest BCUT2D eigenvalue weighted by atomic mass is 9.86. The van der Waals surface area contributed by atoms with Gasteiger partial charge < -0.3 is 10.2 Å².